The highest BCUT2D eigenvalue weighted by Crippen LogP contribution is 2.22. The predicted molar refractivity (Wildman–Crippen MR) is 81.3 cm³/mol. The minimum Gasteiger partial charge on any atom is -0.398 e. The summed E-state index contributed by atoms with van der Waals surface area (Å²) in [5.74, 6) is 0. The van der Waals surface area contributed by atoms with E-state index in [0.29, 0.717) is 12.2 Å². The van der Waals surface area contributed by atoms with Crippen LogP contribution in [0.4, 0.5) is 5.69 Å². The molecule has 1 aliphatic heterocycles. The smallest absolute Gasteiger partial charge is 0.240 e. The quantitative estimate of drug-likeness (QED) is 0.810. The summed E-state index contributed by atoms with van der Waals surface area (Å²) in [6, 6.07) is 4.53. The molecule has 0 amide bonds. The molecule has 0 spiro atoms. The summed E-state index contributed by atoms with van der Waals surface area (Å²) in [6.07, 6.45) is 2.37. The number of nitrogens with two attached hydrogens (primary N) is 1. The normalized spacial score (nSPS) is 18.3. The van der Waals surface area contributed by atoms with Crippen LogP contribution >= 0.6 is 11.6 Å². The lowest BCUT2D eigenvalue weighted by molar-refractivity contribution is 0.260. The molecule has 0 bridgehead atoms. The first-order valence-electron chi connectivity index (χ1n) is 6.69. The minimum absolute atomic E-state index is 0.144. The van der Waals surface area contributed by atoms with Crippen molar-refractivity contribution >= 4 is 27.3 Å². The zero-order valence-electron chi connectivity index (χ0n) is 11.5. The van der Waals surface area contributed by atoms with Crippen LogP contribution in [0.2, 0.25) is 5.02 Å². The topological polar surface area (TPSA) is 75.4 Å². The number of anilines is 1. The molecule has 5 nitrogen and oxygen atoms in total. The highest BCUT2D eigenvalue weighted by atomic mass is 35.5. The summed E-state index contributed by atoms with van der Waals surface area (Å²) in [5.41, 5.74) is 5.95. The Labute approximate surface area is 125 Å². The number of hydrogen-bond acceptors (Lipinski definition) is 4. The summed E-state index contributed by atoms with van der Waals surface area (Å²) in [4.78, 5) is 2.43. The number of halogens is 1. The van der Waals surface area contributed by atoms with Crippen LogP contribution < -0.4 is 10.5 Å². The number of rotatable bonds is 5. The highest BCUT2D eigenvalue weighted by Gasteiger charge is 2.21. The molecule has 0 aromatic heterocycles. The number of nitrogens with zero attached hydrogens (tertiary/aromatic N) is 1. The minimum atomic E-state index is -3.54. The number of hydrogen-bond donors (Lipinski definition) is 2. The van der Waals surface area contributed by atoms with Gasteiger partial charge < -0.3 is 5.73 Å². The fourth-order valence-electron chi connectivity index (χ4n) is 2.30. The van der Waals surface area contributed by atoms with Gasteiger partial charge in [0.1, 0.15) is 0 Å². The van der Waals surface area contributed by atoms with E-state index in [4.69, 9.17) is 17.3 Å². The van der Waals surface area contributed by atoms with Crippen LogP contribution in [0.3, 0.4) is 0 Å². The fraction of sp³-hybridized carbons (Fsp3) is 0.538. The lowest BCUT2D eigenvalue weighted by Gasteiger charge is -2.23. The summed E-state index contributed by atoms with van der Waals surface area (Å²) in [5, 5.41) is 0.250. The maximum atomic E-state index is 12.2. The van der Waals surface area contributed by atoms with Gasteiger partial charge in [0.25, 0.3) is 0 Å². The van der Waals surface area contributed by atoms with E-state index < -0.39 is 10.0 Å². The van der Waals surface area contributed by atoms with E-state index in [1.807, 2.05) is 6.92 Å². The van der Waals surface area contributed by atoms with Crippen molar-refractivity contribution in [2.45, 2.75) is 30.7 Å². The number of likely N-dealkylation sites (tertiary alicyclic amines) is 1. The van der Waals surface area contributed by atoms with Gasteiger partial charge in [-0.2, -0.15) is 0 Å². The zero-order chi connectivity index (χ0) is 14.8. The van der Waals surface area contributed by atoms with Crippen molar-refractivity contribution in [3.63, 3.8) is 0 Å². The van der Waals surface area contributed by atoms with Gasteiger partial charge in [-0.3, -0.25) is 4.90 Å². The third-order valence-corrected chi connectivity index (χ3v) is 5.36. The zero-order valence-corrected chi connectivity index (χ0v) is 13.0. The first kappa shape index (κ1) is 15.6. The van der Waals surface area contributed by atoms with Crippen LogP contribution in [0.15, 0.2) is 23.1 Å². The van der Waals surface area contributed by atoms with Crippen LogP contribution in [0.25, 0.3) is 0 Å². The van der Waals surface area contributed by atoms with Gasteiger partial charge in [0.05, 0.1) is 15.6 Å². The number of nitrogen functional groups attached to an aromatic ring is 1. The molecule has 112 valence electrons. The Morgan fingerprint density at radius 3 is 2.65 bits per heavy atom. The molecule has 1 unspecified atom stereocenters. The summed E-state index contributed by atoms with van der Waals surface area (Å²) >= 11 is 5.86. The SMILES string of the molecule is CC(CNS(=O)(=O)c1ccc(N)c(Cl)c1)N1CCCC1. The van der Waals surface area contributed by atoms with Gasteiger partial charge in [0, 0.05) is 12.6 Å². The Morgan fingerprint density at radius 1 is 1.40 bits per heavy atom. The van der Waals surface area contributed by atoms with Gasteiger partial charge in [-0.15, -0.1) is 0 Å². The predicted octanol–water partition coefficient (Wildman–Crippen LogP) is 1.68. The molecule has 7 heteroatoms. The Kier molecular flexibility index (Phi) is 4.90. The molecule has 0 aliphatic carbocycles. The molecule has 0 radical (unpaired) electrons. The summed E-state index contributed by atoms with van der Waals surface area (Å²) in [6.45, 7) is 4.50. The van der Waals surface area contributed by atoms with Crippen molar-refractivity contribution in [3.05, 3.63) is 23.2 Å². The molecule has 0 saturated carbocycles. The van der Waals surface area contributed by atoms with Crippen molar-refractivity contribution in [1.82, 2.24) is 9.62 Å². The Morgan fingerprint density at radius 2 is 2.05 bits per heavy atom. The standard InChI is InChI=1S/C13H20ClN3O2S/c1-10(17-6-2-3-7-17)9-16-20(18,19)11-4-5-13(15)12(14)8-11/h4-5,8,10,16H,2-3,6-7,9,15H2,1H3. The monoisotopic (exact) mass is 317 g/mol. The van der Waals surface area contributed by atoms with Gasteiger partial charge in [0.15, 0.2) is 0 Å². The molecule has 1 aliphatic rings. The van der Waals surface area contributed by atoms with E-state index in [2.05, 4.69) is 9.62 Å². The average Bonchev–Trinajstić information content (AvgIpc) is 2.93. The van der Waals surface area contributed by atoms with E-state index in [0.717, 1.165) is 13.1 Å². The van der Waals surface area contributed by atoms with Crippen molar-refractivity contribution in [1.29, 1.82) is 0 Å². The first-order chi connectivity index (χ1) is 9.40. The van der Waals surface area contributed by atoms with Crippen molar-refractivity contribution in [2.75, 3.05) is 25.4 Å². The van der Waals surface area contributed by atoms with E-state index in [1.54, 1.807) is 0 Å². The molecular weight excluding hydrogens is 298 g/mol. The van der Waals surface area contributed by atoms with Crippen molar-refractivity contribution in [2.24, 2.45) is 0 Å². The molecule has 1 heterocycles. The molecular formula is C13H20ClN3O2S. The van der Waals surface area contributed by atoms with Crippen LogP contribution in [0.5, 0.6) is 0 Å². The Balaban J connectivity index is 2.01. The average molecular weight is 318 g/mol. The molecule has 1 atom stereocenters. The van der Waals surface area contributed by atoms with Crippen LogP contribution in [0, 0.1) is 0 Å². The maximum Gasteiger partial charge on any atom is 0.240 e. The van der Waals surface area contributed by atoms with Crippen LogP contribution in [-0.4, -0.2) is 39.0 Å². The summed E-state index contributed by atoms with van der Waals surface area (Å²) < 4.78 is 27.0. The molecule has 1 saturated heterocycles. The van der Waals surface area contributed by atoms with E-state index in [-0.39, 0.29) is 16.0 Å². The molecule has 1 aromatic rings. The van der Waals surface area contributed by atoms with E-state index in [1.165, 1.54) is 31.0 Å². The fourth-order valence-corrected chi connectivity index (χ4v) is 3.69. The maximum absolute atomic E-state index is 12.2. The lowest BCUT2D eigenvalue weighted by Crippen LogP contribution is -2.40. The lowest BCUT2D eigenvalue weighted by atomic mass is 10.3. The van der Waals surface area contributed by atoms with E-state index >= 15 is 0 Å². The largest absolute Gasteiger partial charge is 0.398 e. The van der Waals surface area contributed by atoms with Gasteiger partial charge >= 0.3 is 0 Å². The molecule has 1 aromatic carbocycles. The van der Waals surface area contributed by atoms with Gasteiger partial charge in [-0.05, 0) is 51.1 Å². The van der Waals surface area contributed by atoms with E-state index in [9.17, 15) is 8.42 Å². The molecule has 3 N–H and O–H groups in total. The number of sulfonamides is 1. The summed E-state index contributed by atoms with van der Waals surface area (Å²) in [7, 11) is -3.54. The second-order valence-corrected chi connectivity index (χ2v) is 7.30. The molecule has 2 rings (SSSR count). The Bertz CT molecular complexity index is 571. The van der Waals surface area contributed by atoms with Crippen LogP contribution in [0.1, 0.15) is 19.8 Å². The van der Waals surface area contributed by atoms with Crippen molar-refractivity contribution in [3.8, 4) is 0 Å². The van der Waals surface area contributed by atoms with Gasteiger partial charge in [0.2, 0.25) is 10.0 Å². The Hall–Kier alpha value is -0.820. The third kappa shape index (κ3) is 3.63. The number of nitrogens with one attached hydrogen (secondary N) is 1. The van der Waals surface area contributed by atoms with Crippen LogP contribution in [-0.2, 0) is 10.0 Å². The third-order valence-electron chi connectivity index (χ3n) is 3.61. The first-order valence-corrected chi connectivity index (χ1v) is 8.55. The second-order valence-electron chi connectivity index (χ2n) is 5.13. The van der Waals surface area contributed by atoms with Crippen molar-refractivity contribution < 1.29 is 8.42 Å². The molecule has 20 heavy (non-hydrogen) atoms. The molecule has 1 fully saturated rings. The highest BCUT2D eigenvalue weighted by molar-refractivity contribution is 7.89. The van der Waals surface area contributed by atoms with Gasteiger partial charge in [-0.1, -0.05) is 11.6 Å². The van der Waals surface area contributed by atoms with Gasteiger partial charge in [-0.25, -0.2) is 13.1 Å². The second kappa shape index (κ2) is 6.30. The number of benzene rings is 1.